The third-order valence-electron chi connectivity index (χ3n) is 3.54. The lowest BCUT2D eigenvalue weighted by atomic mass is 10.0. The van der Waals surface area contributed by atoms with Crippen LogP contribution in [0.3, 0.4) is 0 Å². The molecule has 0 saturated heterocycles. The van der Waals surface area contributed by atoms with Crippen LogP contribution in [0.25, 0.3) is 0 Å². The molecule has 0 amide bonds. The van der Waals surface area contributed by atoms with Crippen molar-refractivity contribution in [3.63, 3.8) is 0 Å². The van der Waals surface area contributed by atoms with Crippen LogP contribution in [0.1, 0.15) is 39.5 Å². The third kappa shape index (κ3) is 14.1. The predicted molar refractivity (Wildman–Crippen MR) is 91.6 cm³/mol. The highest BCUT2D eigenvalue weighted by molar-refractivity contribution is 4.84. The van der Waals surface area contributed by atoms with Crippen molar-refractivity contribution in [2.75, 3.05) is 39.8 Å². The van der Waals surface area contributed by atoms with Crippen LogP contribution in [-0.2, 0) is 0 Å². The first kappa shape index (κ1) is 20.4. The molecule has 0 aliphatic carbocycles. The van der Waals surface area contributed by atoms with Gasteiger partial charge < -0.3 is 5.32 Å². The van der Waals surface area contributed by atoms with E-state index in [1.165, 1.54) is 6.42 Å². The lowest BCUT2D eigenvalue weighted by Crippen LogP contribution is -2.43. The Bertz CT molecular complexity index is 252. The van der Waals surface area contributed by atoms with Crippen LogP contribution < -0.4 is 27.0 Å². The molecule has 5 nitrogen and oxygen atoms in total. The fourth-order valence-corrected chi connectivity index (χ4v) is 1.96. The average Bonchev–Trinajstić information content (AvgIpc) is 2.50. The van der Waals surface area contributed by atoms with E-state index in [0.717, 1.165) is 52.0 Å². The fraction of sp³-hybridized carbons (Fsp3) is 0.875. The summed E-state index contributed by atoms with van der Waals surface area (Å²) >= 11 is 0. The minimum absolute atomic E-state index is 0.570. The Hall–Kier alpha value is -0.640. The molecule has 0 radical (unpaired) electrons. The molecular weight excluding hydrogens is 262 g/mol. The second-order valence-electron chi connectivity index (χ2n) is 5.65. The number of terminal acetylenes is 1. The minimum atomic E-state index is 0.570. The number of hydrazine groups is 2. The Labute approximate surface area is 131 Å². The highest BCUT2D eigenvalue weighted by atomic mass is 15.4. The number of nitrogens with one attached hydrogen (secondary N) is 5. The van der Waals surface area contributed by atoms with Gasteiger partial charge in [0.05, 0.1) is 0 Å². The van der Waals surface area contributed by atoms with Gasteiger partial charge in [0.1, 0.15) is 0 Å². The molecule has 21 heavy (non-hydrogen) atoms. The van der Waals surface area contributed by atoms with Gasteiger partial charge in [0.15, 0.2) is 0 Å². The Balaban J connectivity index is 3.40. The smallest absolute Gasteiger partial charge is 0.0138 e. The lowest BCUT2D eigenvalue weighted by molar-refractivity contribution is 0.364. The fourth-order valence-electron chi connectivity index (χ4n) is 1.96. The van der Waals surface area contributed by atoms with Crippen molar-refractivity contribution in [1.82, 2.24) is 27.0 Å². The molecule has 0 spiro atoms. The summed E-state index contributed by atoms with van der Waals surface area (Å²) < 4.78 is 0. The van der Waals surface area contributed by atoms with Gasteiger partial charge in [0.2, 0.25) is 0 Å². The molecule has 0 aromatic carbocycles. The van der Waals surface area contributed by atoms with Gasteiger partial charge in [-0.3, -0.25) is 21.7 Å². The largest absolute Gasteiger partial charge is 0.320 e. The van der Waals surface area contributed by atoms with Crippen LogP contribution in [0, 0.1) is 24.2 Å². The molecule has 5 heteroatoms. The van der Waals surface area contributed by atoms with Crippen molar-refractivity contribution in [1.29, 1.82) is 0 Å². The maximum absolute atomic E-state index is 5.31. The summed E-state index contributed by atoms with van der Waals surface area (Å²) in [6, 6.07) is 0. The molecule has 0 aliphatic heterocycles. The van der Waals surface area contributed by atoms with E-state index in [-0.39, 0.29) is 0 Å². The average molecular weight is 297 g/mol. The predicted octanol–water partition coefficient (Wildman–Crippen LogP) is 0.860. The lowest BCUT2D eigenvalue weighted by Gasteiger charge is -2.18. The molecule has 0 fully saturated rings. The molecule has 5 N–H and O–H groups in total. The molecule has 0 saturated carbocycles. The van der Waals surface area contributed by atoms with Gasteiger partial charge in [-0.15, -0.1) is 12.3 Å². The summed E-state index contributed by atoms with van der Waals surface area (Å²) in [6.45, 7) is 9.39. The highest BCUT2D eigenvalue weighted by Crippen LogP contribution is 2.08. The number of hydrogen-bond acceptors (Lipinski definition) is 5. The zero-order valence-corrected chi connectivity index (χ0v) is 14.1. The van der Waals surface area contributed by atoms with Crippen LogP contribution in [-0.4, -0.2) is 39.8 Å². The molecule has 0 aromatic rings. The molecule has 0 bridgehead atoms. The SMILES string of the molecule is C#CCCC(CC)CNNCC(C)CNNCCCNC. The summed E-state index contributed by atoms with van der Waals surface area (Å²) in [5.41, 5.74) is 13.1. The molecule has 0 rings (SSSR count). The van der Waals surface area contributed by atoms with E-state index in [0.29, 0.717) is 11.8 Å². The normalized spacial score (nSPS) is 13.8. The molecule has 2 atom stereocenters. The molecule has 0 heterocycles. The van der Waals surface area contributed by atoms with E-state index in [1.807, 2.05) is 7.05 Å². The zero-order valence-electron chi connectivity index (χ0n) is 14.1. The second kappa shape index (κ2) is 15.7. The number of hydrogen-bond donors (Lipinski definition) is 5. The summed E-state index contributed by atoms with van der Waals surface area (Å²) in [4.78, 5) is 0. The Morgan fingerprint density at radius 1 is 1.00 bits per heavy atom. The Kier molecular flexibility index (Phi) is 15.3. The van der Waals surface area contributed by atoms with Gasteiger partial charge in [0.25, 0.3) is 0 Å². The van der Waals surface area contributed by atoms with E-state index >= 15 is 0 Å². The van der Waals surface area contributed by atoms with Crippen LogP contribution >= 0.6 is 0 Å². The third-order valence-corrected chi connectivity index (χ3v) is 3.54. The second-order valence-corrected chi connectivity index (χ2v) is 5.65. The quantitative estimate of drug-likeness (QED) is 0.176. The van der Waals surface area contributed by atoms with Gasteiger partial charge in [-0.25, -0.2) is 0 Å². The summed E-state index contributed by atoms with van der Waals surface area (Å²) in [5.74, 6) is 3.95. The van der Waals surface area contributed by atoms with Gasteiger partial charge >= 0.3 is 0 Å². The van der Waals surface area contributed by atoms with Gasteiger partial charge in [-0.1, -0.05) is 20.3 Å². The van der Waals surface area contributed by atoms with E-state index in [2.05, 4.69) is 46.8 Å². The van der Waals surface area contributed by atoms with Crippen LogP contribution in [0.4, 0.5) is 0 Å². The van der Waals surface area contributed by atoms with E-state index in [4.69, 9.17) is 6.42 Å². The monoisotopic (exact) mass is 297 g/mol. The molecule has 124 valence electrons. The summed E-state index contributed by atoms with van der Waals surface area (Å²) in [7, 11) is 1.98. The Morgan fingerprint density at radius 3 is 2.29 bits per heavy atom. The zero-order chi connectivity index (χ0) is 15.8. The van der Waals surface area contributed by atoms with E-state index < -0.39 is 0 Å². The van der Waals surface area contributed by atoms with Crippen LogP contribution in [0.2, 0.25) is 0 Å². The van der Waals surface area contributed by atoms with Crippen LogP contribution in [0.15, 0.2) is 0 Å². The molecule has 0 aliphatic rings. The van der Waals surface area contributed by atoms with Crippen molar-refractivity contribution in [3.05, 3.63) is 0 Å². The highest BCUT2D eigenvalue weighted by Gasteiger charge is 2.05. The van der Waals surface area contributed by atoms with Crippen molar-refractivity contribution in [2.45, 2.75) is 39.5 Å². The van der Waals surface area contributed by atoms with Gasteiger partial charge in [-0.05, 0) is 38.3 Å². The van der Waals surface area contributed by atoms with Crippen molar-refractivity contribution in [2.24, 2.45) is 11.8 Å². The maximum Gasteiger partial charge on any atom is 0.0138 e. The maximum atomic E-state index is 5.31. The van der Waals surface area contributed by atoms with E-state index in [9.17, 15) is 0 Å². The van der Waals surface area contributed by atoms with Crippen molar-refractivity contribution in [3.8, 4) is 12.3 Å². The Morgan fingerprint density at radius 2 is 1.67 bits per heavy atom. The molecule has 2 unspecified atom stereocenters. The van der Waals surface area contributed by atoms with E-state index in [1.54, 1.807) is 0 Å². The standard InChI is InChI=1S/C16H35N5/c1-5-7-9-16(6-2)14-21-20-13-15(3)12-19-18-11-8-10-17-4/h1,15-21H,6-14H2,2-4H3. The van der Waals surface area contributed by atoms with Gasteiger partial charge in [0, 0.05) is 32.6 Å². The molecular formula is C16H35N5. The molecule has 0 aromatic heterocycles. The van der Waals surface area contributed by atoms with Crippen LogP contribution in [0.5, 0.6) is 0 Å². The number of rotatable bonds is 15. The van der Waals surface area contributed by atoms with Gasteiger partial charge in [-0.2, -0.15) is 0 Å². The first-order chi connectivity index (χ1) is 10.2. The van der Waals surface area contributed by atoms with Crippen molar-refractivity contribution < 1.29 is 0 Å². The first-order valence-electron chi connectivity index (χ1n) is 8.24. The topological polar surface area (TPSA) is 60.1 Å². The minimum Gasteiger partial charge on any atom is -0.320 e. The summed E-state index contributed by atoms with van der Waals surface area (Å²) in [5, 5.41) is 3.13. The summed E-state index contributed by atoms with van der Waals surface area (Å²) in [6.07, 6.45) is 9.59. The first-order valence-corrected chi connectivity index (χ1v) is 8.24. The van der Waals surface area contributed by atoms with Crippen molar-refractivity contribution >= 4 is 0 Å².